The van der Waals surface area contributed by atoms with E-state index < -0.39 is 23.6 Å². The molecular formula is C17H21FN4O3. The van der Waals surface area contributed by atoms with Crippen LogP contribution in [-0.4, -0.2) is 27.2 Å². The minimum absolute atomic E-state index is 0.0812. The summed E-state index contributed by atoms with van der Waals surface area (Å²) in [5.74, 6) is -0.931. The number of nitrogens with one attached hydrogen (secondary N) is 2. The van der Waals surface area contributed by atoms with Gasteiger partial charge in [0.1, 0.15) is 17.5 Å². The topological polar surface area (TPSA) is 85.3 Å². The van der Waals surface area contributed by atoms with Crippen LogP contribution in [0.2, 0.25) is 0 Å². The predicted molar refractivity (Wildman–Crippen MR) is 91.8 cm³/mol. The van der Waals surface area contributed by atoms with E-state index in [4.69, 9.17) is 4.74 Å². The van der Waals surface area contributed by atoms with Crippen molar-refractivity contribution in [1.29, 1.82) is 0 Å². The number of imidazole rings is 1. The Morgan fingerprint density at radius 3 is 2.60 bits per heavy atom. The Hall–Kier alpha value is -2.90. The molecule has 25 heavy (non-hydrogen) atoms. The number of aromatic nitrogens is 2. The van der Waals surface area contributed by atoms with Gasteiger partial charge in [-0.2, -0.15) is 0 Å². The number of rotatable bonds is 4. The zero-order valence-corrected chi connectivity index (χ0v) is 14.5. The maximum absolute atomic E-state index is 13.9. The fourth-order valence-electron chi connectivity index (χ4n) is 1.99. The summed E-state index contributed by atoms with van der Waals surface area (Å²) in [6.07, 6.45) is 4.00. The second kappa shape index (κ2) is 7.33. The Bertz CT molecular complexity index is 754. The van der Waals surface area contributed by atoms with E-state index in [1.165, 1.54) is 18.5 Å². The van der Waals surface area contributed by atoms with E-state index in [0.717, 1.165) is 6.07 Å². The van der Waals surface area contributed by atoms with Crippen molar-refractivity contribution in [2.75, 3.05) is 10.6 Å². The predicted octanol–water partition coefficient (Wildman–Crippen LogP) is 3.57. The summed E-state index contributed by atoms with van der Waals surface area (Å²) < 4.78 is 20.6. The van der Waals surface area contributed by atoms with Gasteiger partial charge in [-0.15, -0.1) is 0 Å². The molecule has 0 saturated heterocycles. The molecule has 0 aliphatic rings. The molecule has 2 rings (SSSR count). The van der Waals surface area contributed by atoms with Crippen LogP contribution in [0.25, 0.3) is 0 Å². The van der Waals surface area contributed by atoms with E-state index in [1.54, 1.807) is 44.7 Å². The Balaban J connectivity index is 2.08. The third-order valence-corrected chi connectivity index (χ3v) is 3.22. The van der Waals surface area contributed by atoms with Crippen LogP contribution in [0.1, 0.15) is 33.7 Å². The van der Waals surface area contributed by atoms with Crippen LogP contribution in [0, 0.1) is 5.82 Å². The highest BCUT2D eigenvalue weighted by molar-refractivity contribution is 5.94. The highest BCUT2D eigenvalue weighted by Crippen LogP contribution is 2.21. The lowest BCUT2D eigenvalue weighted by atomic mass is 10.2. The van der Waals surface area contributed by atoms with E-state index in [-0.39, 0.29) is 11.6 Å². The van der Waals surface area contributed by atoms with E-state index in [2.05, 4.69) is 15.6 Å². The quantitative estimate of drug-likeness (QED) is 0.884. The molecule has 1 heterocycles. The van der Waals surface area contributed by atoms with Gasteiger partial charge < -0.3 is 14.6 Å². The van der Waals surface area contributed by atoms with Gasteiger partial charge in [-0.1, -0.05) is 0 Å². The minimum Gasteiger partial charge on any atom is -0.444 e. The third-order valence-electron chi connectivity index (χ3n) is 3.22. The highest BCUT2D eigenvalue weighted by Gasteiger charge is 2.18. The molecule has 0 saturated carbocycles. The Morgan fingerprint density at radius 2 is 2.00 bits per heavy atom. The van der Waals surface area contributed by atoms with Gasteiger partial charge in [0, 0.05) is 18.1 Å². The number of nitrogens with zero attached hydrogens (tertiary/aromatic N) is 2. The first kappa shape index (κ1) is 18.4. The van der Waals surface area contributed by atoms with Crippen molar-refractivity contribution in [3.05, 3.63) is 42.7 Å². The van der Waals surface area contributed by atoms with E-state index >= 15 is 0 Å². The molecule has 2 N–H and O–H groups in total. The molecule has 0 bridgehead atoms. The molecule has 2 aromatic rings. The number of halogens is 1. The summed E-state index contributed by atoms with van der Waals surface area (Å²) in [5.41, 5.74) is -0.432. The second-order valence-corrected chi connectivity index (χ2v) is 6.50. The van der Waals surface area contributed by atoms with Crippen LogP contribution in [0.3, 0.4) is 0 Å². The number of ether oxygens (including phenoxy) is 1. The Kier molecular flexibility index (Phi) is 5.41. The van der Waals surface area contributed by atoms with Gasteiger partial charge in [0.05, 0.1) is 12.0 Å². The molecule has 134 valence electrons. The van der Waals surface area contributed by atoms with E-state index in [0.29, 0.717) is 5.69 Å². The molecule has 1 aromatic heterocycles. The Morgan fingerprint density at radius 1 is 1.28 bits per heavy atom. The number of carbonyl (C=O) groups is 2. The number of hydrogen-bond acceptors (Lipinski definition) is 4. The first-order valence-electron chi connectivity index (χ1n) is 7.73. The zero-order valence-electron chi connectivity index (χ0n) is 14.5. The highest BCUT2D eigenvalue weighted by atomic mass is 19.1. The molecule has 0 spiro atoms. The molecule has 2 amide bonds. The van der Waals surface area contributed by atoms with Gasteiger partial charge in [-0.3, -0.25) is 10.1 Å². The number of carbonyl (C=O) groups excluding carboxylic acids is 2. The van der Waals surface area contributed by atoms with Crippen molar-refractivity contribution in [2.24, 2.45) is 0 Å². The fourth-order valence-corrected chi connectivity index (χ4v) is 1.99. The molecule has 0 aliphatic carbocycles. The Labute approximate surface area is 145 Å². The van der Waals surface area contributed by atoms with Gasteiger partial charge in [0.15, 0.2) is 0 Å². The van der Waals surface area contributed by atoms with Crippen molar-refractivity contribution < 1.29 is 18.7 Å². The molecule has 7 nitrogen and oxygen atoms in total. The summed E-state index contributed by atoms with van der Waals surface area (Å²) in [7, 11) is 0. The lowest BCUT2D eigenvalue weighted by Gasteiger charge is -2.20. The van der Waals surface area contributed by atoms with E-state index in [1.807, 2.05) is 0 Å². The zero-order chi connectivity index (χ0) is 18.6. The van der Waals surface area contributed by atoms with Crippen molar-refractivity contribution in [3.63, 3.8) is 0 Å². The largest absolute Gasteiger partial charge is 0.444 e. The van der Waals surface area contributed by atoms with Crippen molar-refractivity contribution >= 4 is 23.4 Å². The fraction of sp³-hybridized carbons (Fsp3) is 0.353. The normalized spacial score (nSPS) is 12.4. The third kappa shape index (κ3) is 5.30. The summed E-state index contributed by atoms with van der Waals surface area (Å²) in [4.78, 5) is 27.9. The molecule has 0 radical (unpaired) electrons. The standard InChI is InChI=1S/C17H21FN4O3/c1-11(22-8-7-19-10-22)15(23)20-12-5-6-13(18)14(9-12)21-16(24)25-17(2,3)4/h5-11H,1-4H3,(H,20,23)(H,21,24)/t11-/m0/s1. The lowest BCUT2D eigenvalue weighted by Crippen LogP contribution is -2.27. The van der Waals surface area contributed by atoms with Crippen LogP contribution in [-0.2, 0) is 9.53 Å². The van der Waals surface area contributed by atoms with Gasteiger partial charge in [0.2, 0.25) is 5.91 Å². The van der Waals surface area contributed by atoms with Crippen LogP contribution >= 0.6 is 0 Å². The summed E-state index contributed by atoms with van der Waals surface area (Å²) in [6.45, 7) is 6.83. The molecule has 8 heteroatoms. The van der Waals surface area contributed by atoms with Crippen molar-refractivity contribution in [1.82, 2.24) is 9.55 Å². The lowest BCUT2D eigenvalue weighted by molar-refractivity contribution is -0.118. The van der Waals surface area contributed by atoms with Gasteiger partial charge >= 0.3 is 6.09 Å². The molecule has 0 unspecified atom stereocenters. The van der Waals surface area contributed by atoms with Crippen LogP contribution < -0.4 is 10.6 Å². The van der Waals surface area contributed by atoms with Crippen molar-refractivity contribution in [2.45, 2.75) is 39.3 Å². The number of anilines is 2. The SMILES string of the molecule is C[C@@H](C(=O)Nc1ccc(F)c(NC(=O)OC(C)(C)C)c1)n1ccnc1. The second-order valence-electron chi connectivity index (χ2n) is 6.50. The molecule has 0 aliphatic heterocycles. The molecule has 1 aromatic carbocycles. The summed E-state index contributed by atoms with van der Waals surface area (Å²) >= 11 is 0. The first-order valence-corrected chi connectivity index (χ1v) is 7.73. The average Bonchev–Trinajstić information content (AvgIpc) is 3.02. The first-order chi connectivity index (χ1) is 11.7. The molecular weight excluding hydrogens is 327 g/mol. The monoisotopic (exact) mass is 348 g/mol. The summed E-state index contributed by atoms with van der Waals surface area (Å²) in [6, 6.07) is 3.41. The van der Waals surface area contributed by atoms with Gasteiger partial charge in [0.25, 0.3) is 0 Å². The minimum atomic E-state index is -0.776. The number of hydrogen-bond donors (Lipinski definition) is 2. The van der Waals surface area contributed by atoms with Crippen LogP contribution in [0.4, 0.5) is 20.6 Å². The molecule has 1 atom stereocenters. The van der Waals surface area contributed by atoms with E-state index in [9.17, 15) is 14.0 Å². The summed E-state index contributed by atoms with van der Waals surface area (Å²) in [5, 5.41) is 5.01. The average molecular weight is 348 g/mol. The number of benzene rings is 1. The molecule has 0 fully saturated rings. The maximum atomic E-state index is 13.9. The van der Waals surface area contributed by atoms with Crippen molar-refractivity contribution in [3.8, 4) is 0 Å². The van der Waals surface area contributed by atoms with Crippen LogP contribution in [0.5, 0.6) is 0 Å². The maximum Gasteiger partial charge on any atom is 0.412 e. The van der Waals surface area contributed by atoms with Gasteiger partial charge in [-0.05, 0) is 45.9 Å². The smallest absolute Gasteiger partial charge is 0.412 e. The van der Waals surface area contributed by atoms with Crippen LogP contribution in [0.15, 0.2) is 36.9 Å². The van der Waals surface area contributed by atoms with Gasteiger partial charge in [-0.25, -0.2) is 14.2 Å². The number of amides is 2.